The van der Waals surface area contributed by atoms with Crippen LogP contribution in [0.2, 0.25) is 0 Å². The van der Waals surface area contributed by atoms with E-state index >= 15 is 0 Å². The van der Waals surface area contributed by atoms with E-state index in [1.54, 1.807) is 0 Å². The second kappa shape index (κ2) is 2.83. The van der Waals surface area contributed by atoms with Gasteiger partial charge in [0.2, 0.25) is 0 Å². The van der Waals surface area contributed by atoms with Gasteiger partial charge in [0.25, 0.3) is 0 Å². The molecular formula is C11H16N2O2. The Balaban J connectivity index is 2.03. The third-order valence-corrected chi connectivity index (χ3v) is 3.38. The number of rotatable bonds is 0. The molecule has 1 aromatic heterocycles. The van der Waals surface area contributed by atoms with Gasteiger partial charge in [-0.1, -0.05) is 13.8 Å². The molecule has 1 aliphatic carbocycles. The van der Waals surface area contributed by atoms with Crippen LogP contribution in [0.15, 0.2) is 6.20 Å². The van der Waals surface area contributed by atoms with Gasteiger partial charge in [-0.3, -0.25) is 5.10 Å². The molecule has 1 N–H and O–H groups in total. The number of nitrogens with zero attached hydrogens (tertiary/aromatic N) is 1. The summed E-state index contributed by atoms with van der Waals surface area (Å²) in [6.07, 6.45) is 3.61. The first-order chi connectivity index (χ1) is 7.11. The Bertz CT molecular complexity index is 378. The summed E-state index contributed by atoms with van der Waals surface area (Å²) in [5.74, 6) is -0.389. The third kappa shape index (κ3) is 1.32. The van der Waals surface area contributed by atoms with Crippen molar-refractivity contribution >= 4 is 0 Å². The molecule has 2 heterocycles. The molecule has 2 aliphatic rings. The fourth-order valence-corrected chi connectivity index (χ4v) is 2.85. The van der Waals surface area contributed by atoms with E-state index in [0.717, 1.165) is 12.8 Å². The largest absolute Gasteiger partial charge is 0.347 e. The highest BCUT2D eigenvalue weighted by Gasteiger charge is 2.47. The van der Waals surface area contributed by atoms with Gasteiger partial charge in [-0.15, -0.1) is 0 Å². The monoisotopic (exact) mass is 208 g/mol. The highest BCUT2D eigenvalue weighted by atomic mass is 16.7. The zero-order chi connectivity index (χ0) is 10.5. The van der Waals surface area contributed by atoms with E-state index in [1.165, 1.54) is 11.3 Å². The van der Waals surface area contributed by atoms with Crippen LogP contribution in [0.5, 0.6) is 0 Å². The number of fused-ring (bicyclic) bond motifs is 1. The molecule has 1 aromatic rings. The second-order valence-corrected chi connectivity index (χ2v) is 5.12. The van der Waals surface area contributed by atoms with Crippen LogP contribution in [0, 0.1) is 0 Å². The van der Waals surface area contributed by atoms with Crippen LogP contribution < -0.4 is 0 Å². The van der Waals surface area contributed by atoms with E-state index in [4.69, 9.17) is 9.47 Å². The minimum absolute atomic E-state index is 0.0500. The van der Waals surface area contributed by atoms with E-state index in [2.05, 4.69) is 24.0 Å². The highest BCUT2D eigenvalue weighted by molar-refractivity contribution is 5.30. The summed E-state index contributed by atoms with van der Waals surface area (Å²) in [6.45, 7) is 5.83. The molecule has 0 aromatic carbocycles. The molecule has 0 bridgehead atoms. The normalized spacial score (nSPS) is 26.8. The first-order valence-corrected chi connectivity index (χ1v) is 5.42. The number of H-pyrrole nitrogens is 1. The average Bonchev–Trinajstić information content (AvgIpc) is 2.74. The third-order valence-electron chi connectivity index (χ3n) is 3.38. The summed E-state index contributed by atoms with van der Waals surface area (Å²) in [5, 5.41) is 7.21. The summed E-state index contributed by atoms with van der Waals surface area (Å²) in [5.41, 5.74) is 2.51. The molecule has 1 spiro atoms. The van der Waals surface area contributed by atoms with Crippen LogP contribution in [0.25, 0.3) is 0 Å². The van der Waals surface area contributed by atoms with Crippen LogP contribution in [0.1, 0.15) is 31.5 Å². The number of hydrogen-bond acceptors (Lipinski definition) is 3. The molecule has 0 amide bonds. The lowest BCUT2D eigenvalue weighted by atomic mass is 9.74. The Kier molecular flexibility index (Phi) is 1.77. The topological polar surface area (TPSA) is 47.1 Å². The number of ether oxygens (including phenoxy) is 2. The van der Waals surface area contributed by atoms with E-state index < -0.39 is 0 Å². The lowest BCUT2D eigenvalue weighted by Gasteiger charge is -2.40. The fraction of sp³-hybridized carbons (Fsp3) is 0.727. The Morgan fingerprint density at radius 3 is 2.80 bits per heavy atom. The minimum Gasteiger partial charge on any atom is -0.347 e. The van der Waals surface area contributed by atoms with Gasteiger partial charge >= 0.3 is 0 Å². The second-order valence-electron chi connectivity index (χ2n) is 5.12. The number of nitrogens with one attached hydrogen (secondary N) is 1. The molecular weight excluding hydrogens is 192 g/mol. The predicted molar refractivity (Wildman–Crippen MR) is 54.6 cm³/mol. The SMILES string of the molecule is CC1(C)CC2(Cc3cn[nH]c31)OCCO2. The highest BCUT2D eigenvalue weighted by Crippen LogP contribution is 2.44. The minimum atomic E-state index is -0.389. The molecule has 1 saturated heterocycles. The van der Waals surface area contributed by atoms with Gasteiger partial charge in [0.05, 0.1) is 19.4 Å². The van der Waals surface area contributed by atoms with Crippen molar-refractivity contribution in [3.8, 4) is 0 Å². The molecule has 0 atom stereocenters. The van der Waals surface area contributed by atoms with E-state index in [0.29, 0.717) is 13.2 Å². The van der Waals surface area contributed by atoms with Crippen molar-refractivity contribution in [2.75, 3.05) is 13.2 Å². The zero-order valence-corrected chi connectivity index (χ0v) is 9.17. The average molecular weight is 208 g/mol. The smallest absolute Gasteiger partial charge is 0.173 e. The van der Waals surface area contributed by atoms with E-state index in [1.807, 2.05) is 6.20 Å². The zero-order valence-electron chi connectivity index (χ0n) is 9.17. The first kappa shape index (κ1) is 9.36. The molecule has 1 fully saturated rings. The molecule has 0 unspecified atom stereocenters. The van der Waals surface area contributed by atoms with Crippen LogP contribution in [0.4, 0.5) is 0 Å². The summed E-state index contributed by atoms with van der Waals surface area (Å²) < 4.78 is 11.6. The molecule has 15 heavy (non-hydrogen) atoms. The maximum absolute atomic E-state index is 5.78. The Morgan fingerprint density at radius 2 is 2.07 bits per heavy atom. The van der Waals surface area contributed by atoms with Crippen LogP contribution >= 0.6 is 0 Å². The summed E-state index contributed by atoms with van der Waals surface area (Å²) in [4.78, 5) is 0. The molecule has 0 radical (unpaired) electrons. The van der Waals surface area contributed by atoms with Gasteiger partial charge in [0.1, 0.15) is 0 Å². The fourth-order valence-electron chi connectivity index (χ4n) is 2.85. The van der Waals surface area contributed by atoms with Crippen molar-refractivity contribution in [1.29, 1.82) is 0 Å². The van der Waals surface area contributed by atoms with Gasteiger partial charge in [0.15, 0.2) is 5.79 Å². The standard InChI is InChI=1S/C11H16N2O2/c1-10(2)7-11(14-3-4-15-11)5-8-6-12-13-9(8)10/h6H,3-5,7H2,1-2H3,(H,12,13). The van der Waals surface area contributed by atoms with Crippen LogP contribution in [-0.4, -0.2) is 29.2 Å². The molecule has 4 heteroatoms. The quantitative estimate of drug-likeness (QED) is 0.700. The summed E-state index contributed by atoms with van der Waals surface area (Å²) >= 11 is 0. The van der Waals surface area contributed by atoms with Crippen molar-refractivity contribution < 1.29 is 9.47 Å². The molecule has 0 saturated carbocycles. The number of aromatic nitrogens is 2. The van der Waals surface area contributed by atoms with Crippen molar-refractivity contribution in [3.05, 3.63) is 17.5 Å². The van der Waals surface area contributed by atoms with Gasteiger partial charge in [-0.2, -0.15) is 5.10 Å². The van der Waals surface area contributed by atoms with Crippen molar-refractivity contribution in [3.63, 3.8) is 0 Å². The van der Waals surface area contributed by atoms with Crippen LogP contribution in [-0.2, 0) is 21.3 Å². The Hall–Kier alpha value is -0.870. The predicted octanol–water partition coefficient (Wildman–Crippen LogP) is 1.38. The van der Waals surface area contributed by atoms with Gasteiger partial charge in [-0.25, -0.2) is 0 Å². The van der Waals surface area contributed by atoms with Crippen molar-refractivity contribution in [1.82, 2.24) is 10.2 Å². The van der Waals surface area contributed by atoms with E-state index in [-0.39, 0.29) is 11.2 Å². The summed E-state index contributed by atoms with van der Waals surface area (Å²) in [6, 6.07) is 0. The lowest BCUT2D eigenvalue weighted by Crippen LogP contribution is -2.44. The van der Waals surface area contributed by atoms with E-state index in [9.17, 15) is 0 Å². The van der Waals surface area contributed by atoms with Crippen LogP contribution in [0.3, 0.4) is 0 Å². The number of aromatic amines is 1. The molecule has 3 rings (SSSR count). The van der Waals surface area contributed by atoms with Gasteiger partial charge in [-0.05, 0) is 5.56 Å². The molecule has 1 aliphatic heterocycles. The maximum atomic E-state index is 5.78. The van der Waals surface area contributed by atoms with Gasteiger partial charge in [0, 0.05) is 24.0 Å². The Morgan fingerprint density at radius 1 is 1.33 bits per heavy atom. The molecule has 4 nitrogen and oxygen atoms in total. The first-order valence-electron chi connectivity index (χ1n) is 5.42. The van der Waals surface area contributed by atoms with Crippen molar-refractivity contribution in [2.45, 2.75) is 37.9 Å². The Labute approximate surface area is 89.0 Å². The van der Waals surface area contributed by atoms with Crippen molar-refractivity contribution in [2.24, 2.45) is 0 Å². The summed E-state index contributed by atoms with van der Waals surface area (Å²) in [7, 11) is 0. The van der Waals surface area contributed by atoms with Gasteiger partial charge < -0.3 is 9.47 Å². The maximum Gasteiger partial charge on any atom is 0.173 e. The lowest BCUT2D eigenvalue weighted by molar-refractivity contribution is -0.175. The number of hydrogen-bond donors (Lipinski definition) is 1. The molecule has 82 valence electrons.